The molecule has 1 saturated heterocycles. The van der Waals surface area contributed by atoms with Crippen molar-refractivity contribution < 1.29 is 9.47 Å². The Morgan fingerprint density at radius 3 is 2.62 bits per heavy atom. The Bertz CT molecular complexity index is 652. The van der Waals surface area contributed by atoms with Gasteiger partial charge in [-0.2, -0.15) is 0 Å². The van der Waals surface area contributed by atoms with E-state index >= 15 is 0 Å². The largest absolute Gasteiger partial charge is 0.488 e. The zero-order valence-electron chi connectivity index (χ0n) is 13.4. The molecule has 1 unspecified atom stereocenters. The summed E-state index contributed by atoms with van der Waals surface area (Å²) >= 11 is 12.4. The van der Waals surface area contributed by atoms with Crippen LogP contribution in [0.3, 0.4) is 0 Å². The Morgan fingerprint density at radius 2 is 1.88 bits per heavy atom. The van der Waals surface area contributed by atoms with Crippen LogP contribution < -0.4 is 10.1 Å². The fraction of sp³-hybridized carbons (Fsp3) is 0.368. The second kappa shape index (κ2) is 8.72. The van der Waals surface area contributed by atoms with Gasteiger partial charge in [0, 0.05) is 40.9 Å². The van der Waals surface area contributed by atoms with Crippen LogP contribution in [-0.2, 0) is 17.9 Å². The van der Waals surface area contributed by atoms with Crippen molar-refractivity contribution in [3.63, 3.8) is 0 Å². The summed E-state index contributed by atoms with van der Waals surface area (Å²) in [7, 11) is 0. The summed E-state index contributed by atoms with van der Waals surface area (Å²) in [5.74, 6) is 0.841. The summed E-state index contributed by atoms with van der Waals surface area (Å²) in [6, 6.07) is 13.5. The first-order valence-electron chi connectivity index (χ1n) is 8.20. The highest BCUT2D eigenvalue weighted by molar-refractivity contribution is 6.35. The van der Waals surface area contributed by atoms with E-state index in [-0.39, 0.29) is 0 Å². The smallest absolute Gasteiger partial charge is 0.124 e. The van der Waals surface area contributed by atoms with E-state index in [1.807, 2.05) is 36.4 Å². The van der Waals surface area contributed by atoms with Crippen molar-refractivity contribution in [1.29, 1.82) is 0 Å². The van der Waals surface area contributed by atoms with Crippen molar-refractivity contribution in [2.45, 2.75) is 32.1 Å². The van der Waals surface area contributed by atoms with Gasteiger partial charge in [-0.15, -0.1) is 0 Å². The van der Waals surface area contributed by atoms with Gasteiger partial charge in [0.2, 0.25) is 0 Å². The zero-order chi connectivity index (χ0) is 16.8. The van der Waals surface area contributed by atoms with Crippen LogP contribution >= 0.6 is 23.2 Å². The Hall–Kier alpha value is -1.26. The van der Waals surface area contributed by atoms with Gasteiger partial charge in [0.1, 0.15) is 12.4 Å². The van der Waals surface area contributed by atoms with Crippen molar-refractivity contribution in [2.24, 2.45) is 0 Å². The molecule has 1 heterocycles. The van der Waals surface area contributed by atoms with E-state index in [0.717, 1.165) is 49.4 Å². The van der Waals surface area contributed by atoms with E-state index in [9.17, 15) is 0 Å². The highest BCUT2D eigenvalue weighted by Gasteiger charge is 2.15. The topological polar surface area (TPSA) is 30.5 Å². The molecule has 2 aromatic carbocycles. The fourth-order valence-corrected chi connectivity index (χ4v) is 3.29. The lowest BCUT2D eigenvalue weighted by Crippen LogP contribution is -2.26. The molecule has 24 heavy (non-hydrogen) atoms. The lowest BCUT2D eigenvalue weighted by Gasteiger charge is -2.15. The Kier molecular flexibility index (Phi) is 6.38. The van der Waals surface area contributed by atoms with Crippen LogP contribution in [0.5, 0.6) is 5.75 Å². The number of hydrogen-bond donors (Lipinski definition) is 1. The lowest BCUT2D eigenvalue weighted by atomic mass is 10.2. The van der Waals surface area contributed by atoms with Gasteiger partial charge in [-0.3, -0.25) is 0 Å². The summed E-state index contributed by atoms with van der Waals surface area (Å²) in [6.07, 6.45) is 2.63. The molecule has 3 nitrogen and oxygen atoms in total. The van der Waals surface area contributed by atoms with Crippen molar-refractivity contribution in [2.75, 3.05) is 13.2 Å². The number of hydrogen-bond acceptors (Lipinski definition) is 3. The summed E-state index contributed by atoms with van der Waals surface area (Å²) < 4.78 is 11.6. The van der Waals surface area contributed by atoms with Gasteiger partial charge < -0.3 is 14.8 Å². The summed E-state index contributed by atoms with van der Waals surface area (Å²) in [6.45, 7) is 2.84. The third kappa shape index (κ3) is 4.64. The normalized spacial score (nSPS) is 17.2. The minimum Gasteiger partial charge on any atom is -0.488 e. The van der Waals surface area contributed by atoms with Crippen LogP contribution in [0.25, 0.3) is 0 Å². The van der Waals surface area contributed by atoms with Gasteiger partial charge in [0.25, 0.3) is 0 Å². The molecule has 1 N–H and O–H groups in total. The first kappa shape index (κ1) is 17.6. The van der Waals surface area contributed by atoms with Crippen molar-refractivity contribution in [1.82, 2.24) is 5.32 Å². The maximum atomic E-state index is 6.20. The number of para-hydroxylation sites is 1. The van der Waals surface area contributed by atoms with Gasteiger partial charge in [-0.05, 0) is 31.0 Å². The molecule has 1 aliphatic rings. The molecule has 0 bridgehead atoms. The molecule has 1 atom stereocenters. The molecule has 0 radical (unpaired) electrons. The number of halogens is 2. The second-order valence-electron chi connectivity index (χ2n) is 5.86. The molecular weight excluding hydrogens is 345 g/mol. The molecule has 1 aliphatic heterocycles. The van der Waals surface area contributed by atoms with Crippen molar-refractivity contribution in [3.8, 4) is 5.75 Å². The Morgan fingerprint density at radius 1 is 1.08 bits per heavy atom. The third-order valence-electron chi connectivity index (χ3n) is 4.12. The molecule has 3 rings (SSSR count). The fourth-order valence-electron chi connectivity index (χ4n) is 2.78. The van der Waals surface area contributed by atoms with Gasteiger partial charge in [0.05, 0.1) is 6.10 Å². The van der Waals surface area contributed by atoms with E-state index in [1.165, 1.54) is 0 Å². The maximum absolute atomic E-state index is 6.20. The van der Waals surface area contributed by atoms with Gasteiger partial charge in [-0.1, -0.05) is 47.5 Å². The predicted molar refractivity (Wildman–Crippen MR) is 97.9 cm³/mol. The van der Waals surface area contributed by atoms with Crippen LogP contribution in [-0.4, -0.2) is 19.3 Å². The standard InChI is InChI=1S/C19H21Cl2NO2/c20-17-7-3-8-18(21)16(17)13-24-19-9-2-1-5-14(19)11-22-12-15-6-4-10-23-15/h1-3,5,7-9,15,22H,4,6,10-13H2. The van der Waals surface area contributed by atoms with Crippen LogP contribution in [0.1, 0.15) is 24.0 Å². The van der Waals surface area contributed by atoms with Gasteiger partial charge in [0.15, 0.2) is 0 Å². The molecule has 0 amide bonds. The molecule has 0 aliphatic carbocycles. The van der Waals surface area contributed by atoms with E-state index < -0.39 is 0 Å². The minimum absolute atomic E-state index is 0.333. The van der Waals surface area contributed by atoms with Crippen LogP contribution in [0.2, 0.25) is 10.0 Å². The number of nitrogens with one attached hydrogen (secondary N) is 1. The quantitative estimate of drug-likeness (QED) is 0.761. The highest BCUT2D eigenvalue weighted by atomic mass is 35.5. The number of ether oxygens (including phenoxy) is 2. The molecule has 2 aromatic rings. The Labute approximate surface area is 152 Å². The second-order valence-corrected chi connectivity index (χ2v) is 6.68. The average Bonchev–Trinajstić information content (AvgIpc) is 3.09. The van der Waals surface area contributed by atoms with E-state index in [1.54, 1.807) is 0 Å². The monoisotopic (exact) mass is 365 g/mol. The zero-order valence-corrected chi connectivity index (χ0v) is 14.9. The Balaban J connectivity index is 1.59. The molecule has 128 valence electrons. The molecule has 5 heteroatoms. The predicted octanol–water partition coefficient (Wildman–Crippen LogP) is 4.84. The average molecular weight is 366 g/mol. The first-order chi connectivity index (χ1) is 11.7. The minimum atomic E-state index is 0.333. The van der Waals surface area contributed by atoms with Crippen LogP contribution in [0, 0.1) is 0 Å². The van der Waals surface area contributed by atoms with Gasteiger partial charge in [-0.25, -0.2) is 0 Å². The number of benzene rings is 2. The highest BCUT2D eigenvalue weighted by Crippen LogP contribution is 2.27. The van der Waals surface area contributed by atoms with E-state index in [0.29, 0.717) is 22.8 Å². The summed E-state index contributed by atoms with van der Waals surface area (Å²) in [5.41, 5.74) is 1.92. The summed E-state index contributed by atoms with van der Waals surface area (Å²) in [5, 5.41) is 4.69. The molecular formula is C19H21Cl2NO2. The molecule has 1 fully saturated rings. The SMILES string of the molecule is Clc1cccc(Cl)c1COc1ccccc1CNCC1CCCO1. The molecule has 0 aromatic heterocycles. The van der Waals surface area contributed by atoms with E-state index in [4.69, 9.17) is 32.7 Å². The summed E-state index contributed by atoms with van der Waals surface area (Å²) in [4.78, 5) is 0. The number of rotatable bonds is 7. The lowest BCUT2D eigenvalue weighted by molar-refractivity contribution is 0.110. The first-order valence-corrected chi connectivity index (χ1v) is 8.95. The molecule has 0 saturated carbocycles. The maximum Gasteiger partial charge on any atom is 0.124 e. The van der Waals surface area contributed by atoms with Crippen LogP contribution in [0.4, 0.5) is 0 Å². The van der Waals surface area contributed by atoms with Crippen LogP contribution in [0.15, 0.2) is 42.5 Å². The van der Waals surface area contributed by atoms with Gasteiger partial charge >= 0.3 is 0 Å². The van der Waals surface area contributed by atoms with Crippen molar-refractivity contribution >= 4 is 23.2 Å². The van der Waals surface area contributed by atoms with Crippen molar-refractivity contribution in [3.05, 3.63) is 63.6 Å². The molecule has 0 spiro atoms. The third-order valence-corrected chi connectivity index (χ3v) is 4.83. The van der Waals surface area contributed by atoms with E-state index in [2.05, 4.69) is 11.4 Å².